The molecule has 0 radical (unpaired) electrons. The largest absolute Gasteiger partial charge is 0.493 e. The molecule has 7 heteroatoms. The maximum Gasteiger partial charge on any atom is 0.374 e. The van der Waals surface area contributed by atoms with E-state index in [9.17, 15) is 4.79 Å². The second kappa shape index (κ2) is 5.19. The van der Waals surface area contributed by atoms with Crippen molar-refractivity contribution in [3.63, 3.8) is 0 Å². The maximum atomic E-state index is 10.7. The molecule has 19 heavy (non-hydrogen) atoms. The van der Waals surface area contributed by atoms with Crippen molar-refractivity contribution in [3.05, 3.63) is 29.0 Å². The molecule has 0 atom stereocenters. The highest BCUT2D eigenvalue weighted by Crippen LogP contribution is 2.37. The van der Waals surface area contributed by atoms with E-state index in [4.69, 9.17) is 26.2 Å². The molecule has 0 aliphatic rings. The zero-order chi connectivity index (χ0) is 14.0. The van der Waals surface area contributed by atoms with Gasteiger partial charge in [0.1, 0.15) is 5.69 Å². The minimum Gasteiger partial charge on any atom is -0.493 e. The first-order valence-corrected chi connectivity index (χ1v) is 5.56. The second-order valence-corrected chi connectivity index (χ2v) is 3.98. The van der Waals surface area contributed by atoms with Gasteiger partial charge in [-0.2, -0.15) is 0 Å². The Morgan fingerprint density at radius 1 is 1.26 bits per heavy atom. The van der Waals surface area contributed by atoms with Gasteiger partial charge in [0.15, 0.2) is 11.5 Å². The summed E-state index contributed by atoms with van der Waals surface area (Å²) in [6, 6.07) is 4.45. The number of carbonyl (C=O) groups is 1. The van der Waals surface area contributed by atoms with Crippen LogP contribution in [0.4, 0.5) is 0 Å². The lowest BCUT2D eigenvalue weighted by atomic mass is 10.1. The average Bonchev–Trinajstić information content (AvgIpc) is 2.87. The van der Waals surface area contributed by atoms with Crippen molar-refractivity contribution >= 4 is 17.6 Å². The number of carboxylic acids is 1. The van der Waals surface area contributed by atoms with Gasteiger partial charge < -0.3 is 19.1 Å². The Labute approximate surface area is 113 Å². The third kappa shape index (κ3) is 2.48. The molecule has 1 heterocycles. The lowest BCUT2D eigenvalue weighted by Crippen LogP contribution is -1.92. The van der Waals surface area contributed by atoms with Gasteiger partial charge >= 0.3 is 5.97 Å². The average molecular weight is 284 g/mol. The predicted octanol–water partition coefficient (Wildman–Crippen LogP) is 2.71. The lowest BCUT2D eigenvalue weighted by molar-refractivity contribution is 0.0652. The molecule has 0 saturated carbocycles. The number of benzene rings is 1. The molecule has 0 bridgehead atoms. The number of halogens is 1. The zero-order valence-electron chi connectivity index (χ0n) is 10.1. The number of nitrogens with zero attached hydrogens (tertiary/aromatic N) is 1. The van der Waals surface area contributed by atoms with Gasteiger partial charge in [-0.25, -0.2) is 4.79 Å². The Morgan fingerprint density at radius 3 is 2.42 bits per heavy atom. The summed E-state index contributed by atoms with van der Waals surface area (Å²) in [6.07, 6.45) is 0. The highest BCUT2D eigenvalue weighted by atomic mass is 35.5. The fraction of sp³-hybridized carbons (Fsp3) is 0.167. The quantitative estimate of drug-likeness (QED) is 0.929. The molecule has 6 nitrogen and oxygen atoms in total. The van der Waals surface area contributed by atoms with Crippen LogP contribution in [-0.4, -0.2) is 30.5 Å². The summed E-state index contributed by atoms with van der Waals surface area (Å²) >= 11 is 6.10. The van der Waals surface area contributed by atoms with Crippen molar-refractivity contribution in [1.29, 1.82) is 0 Å². The van der Waals surface area contributed by atoms with Crippen molar-refractivity contribution in [1.82, 2.24) is 5.16 Å². The molecule has 0 fully saturated rings. The van der Waals surface area contributed by atoms with Crippen LogP contribution in [0, 0.1) is 0 Å². The van der Waals surface area contributed by atoms with Crippen LogP contribution < -0.4 is 9.47 Å². The monoisotopic (exact) mass is 283 g/mol. The number of rotatable bonds is 4. The summed E-state index contributed by atoms with van der Waals surface area (Å²) in [7, 11) is 2.98. The van der Waals surface area contributed by atoms with Crippen LogP contribution in [0.3, 0.4) is 0 Å². The minimum atomic E-state index is -1.20. The molecular formula is C12H10ClNO5. The van der Waals surface area contributed by atoms with Crippen molar-refractivity contribution < 1.29 is 23.9 Å². The van der Waals surface area contributed by atoms with Crippen LogP contribution in [-0.2, 0) is 0 Å². The Balaban J connectivity index is 2.51. The fourth-order valence-electron chi connectivity index (χ4n) is 1.55. The van der Waals surface area contributed by atoms with E-state index in [0.29, 0.717) is 27.8 Å². The maximum absolute atomic E-state index is 10.7. The van der Waals surface area contributed by atoms with Gasteiger partial charge in [0.2, 0.25) is 5.76 Å². The third-order valence-electron chi connectivity index (χ3n) is 2.47. The summed E-state index contributed by atoms with van der Waals surface area (Å²) in [5.41, 5.74) is 0.805. The smallest absolute Gasteiger partial charge is 0.374 e. The molecule has 0 unspecified atom stereocenters. The van der Waals surface area contributed by atoms with Gasteiger partial charge in [-0.1, -0.05) is 16.8 Å². The molecule has 0 spiro atoms. The number of hydrogen-bond acceptors (Lipinski definition) is 5. The van der Waals surface area contributed by atoms with Crippen LogP contribution in [0.5, 0.6) is 11.5 Å². The first kappa shape index (κ1) is 13.2. The van der Waals surface area contributed by atoms with E-state index in [1.54, 1.807) is 12.1 Å². The summed E-state index contributed by atoms with van der Waals surface area (Å²) in [5, 5.41) is 12.8. The lowest BCUT2D eigenvalue weighted by Gasteiger charge is -2.09. The standard InChI is InChI=1S/C12H10ClNO5/c1-17-9-3-6(7(13)4-10(9)18-2)8-5-11(12(15)16)19-14-8/h3-5H,1-2H3,(H,15,16). The SMILES string of the molecule is COc1cc(Cl)c(-c2cc(C(=O)O)on2)cc1OC. The van der Waals surface area contributed by atoms with Gasteiger partial charge in [0.05, 0.1) is 19.2 Å². The number of aromatic carboxylic acids is 1. The Hall–Kier alpha value is -2.21. The molecule has 1 N–H and O–H groups in total. The Kier molecular flexibility index (Phi) is 3.62. The number of aromatic nitrogens is 1. The molecule has 0 aliphatic heterocycles. The fourth-order valence-corrected chi connectivity index (χ4v) is 1.80. The van der Waals surface area contributed by atoms with Gasteiger partial charge in [-0.3, -0.25) is 0 Å². The predicted molar refractivity (Wildman–Crippen MR) is 67.0 cm³/mol. The van der Waals surface area contributed by atoms with E-state index in [1.165, 1.54) is 20.3 Å². The van der Waals surface area contributed by atoms with Gasteiger partial charge in [0, 0.05) is 17.7 Å². The van der Waals surface area contributed by atoms with E-state index in [1.807, 2.05) is 0 Å². The summed E-state index contributed by atoms with van der Waals surface area (Å²) in [5.74, 6) is -0.531. The van der Waals surface area contributed by atoms with Crippen molar-refractivity contribution in [2.24, 2.45) is 0 Å². The molecule has 2 rings (SSSR count). The number of ether oxygens (including phenoxy) is 2. The van der Waals surface area contributed by atoms with Crippen LogP contribution in [0.25, 0.3) is 11.3 Å². The zero-order valence-corrected chi connectivity index (χ0v) is 10.9. The molecule has 2 aromatic rings. The number of hydrogen-bond donors (Lipinski definition) is 1. The van der Waals surface area contributed by atoms with Crippen LogP contribution >= 0.6 is 11.6 Å². The molecule has 100 valence electrons. The minimum absolute atomic E-state index is 0.263. The topological polar surface area (TPSA) is 81.8 Å². The highest BCUT2D eigenvalue weighted by Gasteiger charge is 2.17. The van der Waals surface area contributed by atoms with Crippen LogP contribution in [0.1, 0.15) is 10.6 Å². The van der Waals surface area contributed by atoms with E-state index in [2.05, 4.69) is 9.68 Å². The van der Waals surface area contributed by atoms with Crippen molar-refractivity contribution in [2.75, 3.05) is 14.2 Å². The van der Waals surface area contributed by atoms with E-state index in [-0.39, 0.29) is 5.76 Å². The first-order chi connectivity index (χ1) is 9.06. The molecule has 0 amide bonds. The van der Waals surface area contributed by atoms with Crippen LogP contribution in [0.2, 0.25) is 5.02 Å². The van der Waals surface area contributed by atoms with Crippen LogP contribution in [0.15, 0.2) is 22.7 Å². The molecule has 0 saturated heterocycles. The normalized spacial score (nSPS) is 10.3. The van der Waals surface area contributed by atoms with E-state index < -0.39 is 5.97 Å². The summed E-state index contributed by atoms with van der Waals surface area (Å²) < 4.78 is 14.9. The summed E-state index contributed by atoms with van der Waals surface area (Å²) in [6.45, 7) is 0. The first-order valence-electron chi connectivity index (χ1n) is 5.18. The molecule has 1 aromatic heterocycles. The molecule has 0 aliphatic carbocycles. The Morgan fingerprint density at radius 2 is 1.89 bits per heavy atom. The third-order valence-corrected chi connectivity index (χ3v) is 2.78. The van der Waals surface area contributed by atoms with Gasteiger partial charge in [0.25, 0.3) is 0 Å². The van der Waals surface area contributed by atoms with Gasteiger partial charge in [-0.05, 0) is 6.07 Å². The van der Waals surface area contributed by atoms with Crippen molar-refractivity contribution in [3.8, 4) is 22.8 Å². The highest BCUT2D eigenvalue weighted by molar-refractivity contribution is 6.33. The summed E-state index contributed by atoms with van der Waals surface area (Å²) in [4.78, 5) is 10.7. The molecular weight excluding hydrogens is 274 g/mol. The Bertz CT molecular complexity index is 623. The second-order valence-electron chi connectivity index (χ2n) is 3.57. The number of methoxy groups -OCH3 is 2. The van der Waals surface area contributed by atoms with Gasteiger partial charge in [-0.15, -0.1) is 0 Å². The molecule has 1 aromatic carbocycles. The van der Waals surface area contributed by atoms with Crippen molar-refractivity contribution in [2.45, 2.75) is 0 Å². The number of carboxylic acid groups (broad SMARTS) is 1. The van der Waals surface area contributed by atoms with E-state index in [0.717, 1.165) is 0 Å². The van der Waals surface area contributed by atoms with E-state index >= 15 is 0 Å².